The van der Waals surface area contributed by atoms with Crippen LogP contribution in [0.25, 0.3) is 0 Å². The van der Waals surface area contributed by atoms with Crippen LogP contribution in [0.2, 0.25) is 0 Å². The number of carbonyl (C=O) groups is 1. The van der Waals surface area contributed by atoms with Crippen LogP contribution in [0.3, 0.4) is 0 Å². The third kappa shape index (κ3) is 2.12. The Bertz CT molecular complexity index is 426. The van der Waals surface area contributed by atoms with Crippen molar-refractivity contribution in [1.29, 1.82) is 10.5 Å². The zero-order chi connectivity index (χ0) is 11.3. The number of nitrogens with zero attached hydrogens (tertiary/aromatic N) is 2. The number of aliphatic carboxylic acids is 1. The molecule has 0 saturated carbocycles. The highest BCUT2D eigenvalue weighted by Gasteiger charge is 2.35. The smallest absolute Gasteiger partial charge is 0.306 e. The first-order valence-electron chi connectivity index (χ1n) is 4.24. The van der Waals surface area contributed by atoms with Gasteiger partial charge in [0.15, 0.2) is 5.41 Å². The van der Waals surface area contributed by atoms with E-state index in [0.29, 0.717) is 5.56 Å². The maximum Gasteiger partial charge on any atom is 0.306 e. The molecule has 0 aliphatic carbocycles. The minimum Gasteiger partial charge on any atom is -0.481 e. The van der Waals surface area contributed by atoms with Crippen LogP contribution in [0.15, 0.2) is 30.3 Å². The van der Waals surface area contributed by atoms with Gasteiger partial charge in [0.05, 0.1) is 18.6 Å². The molecule has 4 nitrogen and oxygen atoms in total. The summed E-state index contributed by atoms with van der Waals surface area (Å²) in [5.41, 5.74) is -1.18. The van der Waals surface area contributed by atoms with Crippen LogP contribution in [0.1, 0.15) is 12.0 Å². The summed E-state index contributed by atoms with van der Waals surface area (Å²) in [5.74, 6) is -1.16. The van der Waals surface area contributed by atoms with Crippen LogP contribution < -0.4 is 0 Å². The molecule has 0 bridgehead atoms. The van der Waals surface area contributed by atoms with Crippen LogP contribution in [0.4, 0.5) is 0 Å². The molecule has 1 aromatic rings. The summed E-state index contributed by atoms with van der Waals surface area (Å²) in [4.78, 5) is 10.6. The normalized spacial score (nSPS) is 10.0. The average molecular weight is 200 g/mol. The molecule has 0 atom stereocenters. The second-order valence-corrected chi connectivity index (χ2v) is 3.07. The van der Waals surface area contributed by atoms with Crippen molar-refractivity contribution in [2.45, 2.75) is 11.8 Å². The van der Waals surface area contributed by atoms with Gasteiger partial charge in [-0.1, -0.05) is 30.3 Å². The molecule has 1 aromatic carbocycles. The van der Waals surface area contributed by atoms with Crippen LogP contribution in [-0.4, -0.2) is 11.1 Å². The molecule has 4 heteroatoms. The Hall–Kier alpha value is -2.33. The molecular formula is C11H8N2O2. The first kappa shape index (κ1) is 10.7. The van der Waals surface area contributed by atoms with E-state index in [-0.39, 0.29) is 0 Å². The van der Waals surface area contributed by atoms with Gasteiger partial charge in [0, 0.05) is 0 Å². The fraction of sp³-hybridized carbons (Fsp3) is 0.182. The van der Waals surface area contributed by atoms with Crippen molar-refractivity contribution >= 4 is 5.97 Å². The summed E-state index contributed by atoms with van der Waals surface area (Å²) in [7, 11) is 0. The van der Waals surface area contributed by atoms with Gasteiger partial charge in [-0.2, -0.15) is 10.5 Å². The molecule has 1 rings (SSSR count). The lowest BCUT2D eigenvalue weighted by atomic mass is 9.80. The van der Waals surface area contributed by atoms with Gasteiger partial charge in [-0.05, 0) is 5.56 Å². The number of carboxylic acids is 1. The molecular weight excluding hydrogens is 192 g/mol. The summed E-state index contributed by atoms with van der Waals surface area (Å²) >= 11 is 0. The van der Waals surface area contributed by atoms with Gasteiger partial charge in [0.1, 0.15) is 0 Å². The number of nitriles is 2. The second kappa shape index (κ2) is 4.26. The lowest BCUT2D eigenvalue weighted by molar-refractivity contribution is -0.137. The first-order chi connectivity index (χ1) is 7.14. The molecule has 0 amide bonds. The molecule has 15 heavy (non-hydrogen) atoms. The maximum absolute atomic E-state index is 10.6. The number of hydrogen-bond donors (Lipinski definition) is 1. The van der Waals surface area contributed by atoms with E-state index < -0.39 is 17.8 Å². The fourth-order valence-electron chi connectivity index (χ4n) is 1.28. The van der Waals surface area contributed by atoms with Crippen molar-refractivity contribution in [2.75, 3.05) is 0 Å². The van der Waals surface area contributed by atoms with Gasteiger partial charge in [0.25, 0.3) is 0 Å². The van der Waals surface area contributed by atoms with E-state index >= 15 is 0 Å². The SMILES string of the molecule is N#CC(C#N)(CC(=O)O)c1ccccc1. The number of rotatable bonds is 3. The largest absolute Gasteiger partial charge is 0.481 e. The second-order valence-electron chi connectivity index (χ2n) is 3.07. The van der Waals surface area contributed by atoms with E-state index in [0.717, 1.165) is 0 Å². The number of hydrogen-bond acceptors (Lipinski definition) is 3. The molecule has 0 saturated heterocycles. The van der Waals surface area contributed by atoms with E-state index in [2.05, 4.69) is 0 Å². The highest BCUT2D eigenvalue weighted by molar-refractivity contribution is 5.71. The van der Waals surface area contributed by atoms with Crippen molar-refractivity contribution in [3.63, 3.8) is 0 Å². The summed E-state index contributed by atoms with van der Waals surface area (Å²) in [6, 6.07) is 11.8. The van der Waals surface area contributed by atoms with Crippen molar-refractivity contribution < 1.29 is 9.90 Å². The lowest BCUT2D eigenvalue weighted by Crippen LogP contribution is -2.25. The summed E-state index contributed by atoms with van der Waals surface area (Å²) in [6.45, 7) is 0. The highest BCUT2D eigenvalue weighted by atomic mass is 16.4. The average Bonchev–Trinajstić information content (AvgIpc) is 2.27. The Kier molecular flexibility index (Phi) is 3.05. The minimum absolute atomic E-state index is 0.414. The van der Waals surface area contributed by atoms with Crippen molar-refractivity contribution in [1.82, 2.24) is 0 Å². The van der Waals surface area contributed by atoms with Crippen molar-refractivity contribution in [2.24, 2.45) is 0 Å². The molecule has 0 fully saturated rings. The quantitative estimate of drug-likeness (QED) is 0.800. The molecule has 0 spiro atoms. The van der Waals surface area contributed by atoms with Gasteiger partial charge in [-0.3, -0.25) is 4.79 Å². The van der Waals surface area contributed by atoms with Gasteiger partial charge in [-0.25, -0.2) is 0 Å². The van der Waals surface area contributed by atoms with Gasteiger partial charge in [0.2, 0.25) is 0 Å². The first-order valence-corrected chi connectivity index (χ1v) is 4.24. The van der Waals surface area contributed by atoms with E-state index in [1.54, 1.807) is 42.5 Å². The van der Waals surface area contributed by atoms with E-state index in [9.17, 15) is 4.79 Å². The lowest BCUT2D eigenvalue weighted by Gasteiger charge is -2.15. The third-order valence-corrected chi connectivity index (χ3v) is 2.06. The van der Waals surface area contributed by atoms with Crippen molar-refractivity contribution in [3.8, 4) is 12.1 Å². The van der Waals surface area contributed by atoms with E-state index in [1.165, 1.54) is 0 Å². The van der Waals surface area contributed by atoms with Crippen LogP contribution >= 0.6 is 0 Å². The Morgan fingerprint density at radius 2 is 1.80 bits per heavy atom. The fourth-order valence-corrected chi connectivity index (χ4v) is 1.28. The molecule has 74 valence electrons. The summed E-state index contributed by atoms with van der Waals surface area (Å²) in [6.07, 6.45) is -0.510. The molecule has 0 aromatic heterocycles. The Labute approximate surface area is 87.0 Å². The molecule has 0 radical (unpaired) electrons. The Morgan fingerprint density at radius 3 is 2.20 bits per heavy atom. The van der Waals surface area contributed by atoms with Crippen LogP contribution in [-0.2, 0) is 10.2 Å². The number of benzene rings is 1. The summed E-state index contributed by atoms with van der Waals surface area (Å²) < 4.78 is 0. The van der Waals surface area contributed by atoms with Gasteiger partial charge < -0.3 is 5.11 Å². The van der Waals surface area contributed by atoms with Crippen LogP contribution in [0, 0.1) is 22.7 Å². The van der Waals surface area contributed by atoms with Crippen molar-refractivity contribution in [3.05, 3.63) is 35.9 Å². The van der Waals surface area contributed by atoms with E-state index in [4.69, 9.17) is 15.6 Å². The number of carboxylic acid groups (broad SMARTS) is 1. The van der Waals surface area contributed by atoms with E-state index in [1.807, 2.05) is 0 Å². The minimum atomic E-state index is -1.59. The molecule has 0 aliphatic heterocycles. The summed E-state index contributed by atoms with van der Waals surface area (Å²) in [5, 5.41) is 26.6. The van der Waals surface area contributed by atoms with Gasteiger partial charge >= 0.3 is 5.97 Å². The van der Waals surface area contributed by atoms with Gasteiger partial charge in [-0.15, -0.1) is 0 Å². The molecule has 0 unspecified atom stereocenters. The predicted molar refractivity (Wildman–Crippen MR) is 51.6 cm³/mol. The highest BCUT2D eigenvalue weighted by Crippen LogP contribution is 2.26. The van der Waals surface area contributed by atoms with Crippen LogP contribution in [0.5, 0.6) is 0 Å². The third-order valence-electron chi connectivity index (χ3n) is 2.06. The molecule has 0 heterocycles. The molecule has 1 N–H and O–H groups in total. The Balaban J connectivity index is 3.21. The zero-order valence-corrected chi connectivity index (χ0v) is 7.84. The predicted octanol–water partition coefficient (Wildman–Crippen LogP) is 1.45. The Morgan fingerprint density at radius 1 is 1.27 bits per heavy atom. The molecule has 0 aliphatic rings. The topological polar surface area (TPSA) is 84.9 Å². The zero-order valence-electron chi connectivity index (χ0n) is 7.84. The standard InChI is InChI=1S/C11H8N2O2/c12-7-11(8-13,6-10(14)15)9-4-2-1-3-5-9/h1-5H,6H2,(H,14,15). The maximum atomic E-state index is 10.6. The monoisotopic (exact) mass is 200 g/mol.